The van der Waals surface area contributed by atoms with Gasteiger partial charge in [0.25, 0.3) is 11.8 Å². The lowest BCUT2D eigenvalue weighted by atomic mass is 10.1. The van der Waals surface area contributed by atoms with Crippen LogP contribution in [0.3, 0.4) is 0 Å². The Morgan fingerprint density at radius 1 is 1.00 bits per heavy atom. The third-order valence-electron chi connectivity index (χ3n) is 4.05. The minimum atomic E-state index is -0.272. The summed E-state index contributed by atoms with van der Waals surface area (Å²) in [6.45, 7) is 5.32. The first kappa shape index (κ1) is 16.8. The maximum Gasteiger partial charge on any atom is 0.255 e. The largest absolute Gasteiger partial charge is 0.454 e. The molecule has 0 radical (unpaired) electrons. The van der Waals surface area contributed by atoms with Gasteiger partial charge in [0, 0.05) is 29.9 Å². The molecule has 0 saturated heterocycles. The lowest BCUT2D eigenvalue weighted by molar-refractivity contribution is 0.0772. The zero-order valence-electron chi connectivity index (χ0n) is 14.2. The summed E-state index contributed by atoms with van der Waals surface area (Å²) in [6, 6.07) is 12.0. The van der Waals surface area contributed by atoms with E-state index in [0.717, 1.165) is 0 Å². The molecule has 6 nitrogen and oxygen atoms in total. The summed E-state index contributed by atoms with van der Waals surface area (Å²) in [4.78, 5) is 26.6. The molecule has 25 heavy (non-hydrogen) atoms. The predicted molar refractivity (Wildman–Crippen MR) is 94.2 cm³/mol. The van der Waals surface area contributed by atoms with Crippen molar-refractivity contribution in [3.05, 3.63) is 53.6 Å². The van der Waals surface area contributed by atoms with E-state index in [-0.39, 0.29) is 18.6 Å². The second kappa shape index (κ2) is 7.25. The van der Waals surface area contributed by atoms with Crippen LogP contribution in [0.25, 0.3) is 0 Å². The number of ether oxygens (including phenoxy) is 2. The fraction of sp³-hybridized carbons (Fsp3) is 0.263. The van der Waals surface area contributed by atoms with Gasteiger partial charge in [0.15, 0.2) is 11.5 Å². The lowest BCUT2D eigenvalue weighted by Crippen LogP contribution is -2.30. The Balaban J connectivity index is 1.75. The van der Waals surface area contributed by atoms with Crippen LogP contribution < -0.4 is 14.8 Å². The molecule has 2 aromatic rings. The Kier molecular flexibility index (Phi) is 4.88. The molecule has 1 N–H and O–H groups in total. The van der Waals surface area contributed by atoms with E-state index in [2.05, 4.69) is 5.32 Å². The number of nitrogens with one attached hydrogen (secondary N) is 1. The Hall–Kier alpha value is -3.02. The smallest absolute Gasteiger partial charge is 0.255 e. The first-order chi connectivity index (χ1) is 12.1. The van der Waals surface area contributed by atoms with Gasteiger partial charge in [0.05, 0.1) is 0 Å². The molecule has 1 heterocycles. The Bertz CT molecular complexity index is 800. The molecule has 2 amide bonds. The maximum atomic E-state index is 12.4. The minimum absolute atomic E-state index is 0.0517. The summed E-state index contributed by atoms with van der Waals surface area (Å²) >= 11 is 0. The molecule has 3 rings (SSSR count). The summed E-state index contributed by atoms with van der Waals surface area (Å²) in [6.07, 6.45) is 0. The van der Waals surface area contributed by atoms with Gasteiger partial charge in [-0.15, -0.1) is 0 Å². The molecular weight excluding hydrogens is 320 g/mol. The monoisotopic (exact) mass is 340 g/mol. The molecule has 0 spiro atoms. The minimum Gasteiger partial charge on any atom is -0.454 e. The van der Waals surface area contributed by atoms with Crippen molar-refractivity contribution in [2.24, 2.45) is 0 Å². The zero-order chi connectivity index (χ0) is 17.8. The van der Waals surface area contributed by atoms with Crippen LogP contribution in [0, 0.1) is 0 Å². The summed E-state index contributed by atoms with van der Waals surface area (Å²) in [5.74, 6) is 0.858. The van der Waals surface area contributed by atoms with Crippen LogP contribution in [0.2, 0.25) is 0 Å². The first-order valence-electron chi connectivity index (χ1n) is 8.22. The van der Waals surface area contributed by atoms with E-state index < -0.39 is 0 Å². The predicted octanol–water partition coefficient (Wildman–Crippen LogP) is 3.15. The number of carbonyl (C=O) groups excluding carboxylic acids is 2. The van der Waals surface area contributed by atoms with Crippen LogP contribution in [-0.4, -0.2) is 36.6 Å². The number of hydrogen-bond acceptors (Lipinski definition) is 4. The molecule has 1 aliphatic heterocycles. The molecule has 0 unspecified atom stereocenters. The van der Waals surface area contributed by atoms with Crippen molar-refractivity contribution in [3.63, 3.8) is 0 Å². The van der Waals surface area contributed by atoms with Crippen LogP contribution >= 0.6 is 0 Å². The van der Waals surface area contributed by atoms with Gasteiger partial charge in [-0.1, -0.05) is 6.07 Å². The van der Waals surface area contributed by atoms with E-state index in [1.165, 1.54) is 0 Å². The Morgan fingerprint density at radius 2 is 1.76 bits per heavy atom. The van der Waals surface area contributed by atoms with Crippen LogP contribution in [0.4, 0.5) is 5.69 Å². The van der Waals surface area contributed by atoms with Crippen molar-refractivity contribution in [3.8, 4) is 11.5 Å². The lowest BCUT2D eigenvalue weighted by Gasteiger charge is -2.19. The van der Waals surface area contributed by atoms with Crippen molar-refractivity contribution in [1.82, 2.24) is 4.90 Å². The highest BCUT2D eigenvalue weighted by Crippen LogP contribution is 2.32. The average Bonchev–Trinajstić information content (AvgIpc) is 3.10. The van der Waals surface area contributed by atoms with Crippen LogP contribution in [-0.2, 0) is 0 Å². The normalized spacial score (nSPS) is 11.9. The highest BCUT2D eigenvalue weighted by molar-refractivity contribution is 6.05. The number of anilines is 1. The van der Waals surface area contributed by atoms with E-state index in [0.29, 0.717) is 41.4 Å². The van der Waals surface area contributed by atoms with Gasteiger partial charge >= 0.3 is 0 Å². The number of carbonyl (C=O) groups is 2. The van der Waals surface area contributed by atoms with Gasteiger partial charge < -0.3 is 19.7 Å². The molecule has 0 bridgehead atoms. The van der Waals surface area contributed by atoms with Gasteiger partial charge in [0.1, 0.15) is 0 Å². The van der Waals surface area contributed by atoms with Crippen LogP contribution in [0.15, 0.2) is 42.5 Å². The third-order valence-corrected chi connectivity index (χ3v) is 4.05. The molecule has 0 aromatic heterocycles. The highest BCUT2D eigenvalue weighted by Gasteiger charge is 2.17. The standard InChI is InChI=1S/C19H20N2O4/c1-3-21(4-2)19(23)14-6-5-7-15(10-14)20-18(22)13-8-9-16-17(11-13)25-12-24-16/h5-11H,3-4,12H2,1-2H3,(H,20,22). The van der Waals surface area contributed by atoms with E-state index in [9.17, 15) is 9.59 Å². The molecular formula is C19H20N2O4. The SMILES string of the molecule is CCN(CC)C(=O)c1cccc(NC(=O)c2ccc3c(c2)OCO3)c1. The van der Waals surface area contributed by atoms with Crippen LogP contribution in [0.1, 0.15) is 34.6 Å². The highest BCUT2D eigenvalue weighted by atomic mass is 16.7. The summed E-state index contributed by atoms with van der Waals surface area (Å²) < 4.78 is 10.5. The Labute approximate surface area is 146 Å². The molecule has 0 fully saturated rings. The van der Waals surface area contributed by atoms with Crippen molar-refractivity contribution in [2.45, 2.75) is 13.8 Å². The van der Waals surface area contributed by atoms with Gasteiger partial charge in [-0.3, -0.25) is 9.59 Å². The van der Waals surface area contributed by atoms with E-state index in [4.69, 9.17) is 9.47 Å². The number of rotatable bonds is 5. The summed E-state index contributed by atoms with van der Waals surface area (Å²) in [5.41, 5.74) is 1.58. The topological polar surface area (TPSA) is 67.9 Å². The number of benzene rings is 2. The quantitative estimate of drug-likeness (QED) is 0.908. The maximum absolute atomic E-state index is 12.4. The molecule has 6 heteroatoms. The molecule has 2 aromatic carbocycles. The zero-order valence-corrected chi connectivity index (χ0v) is 14.2. The number of nitrogens with zero attached hydrogens (tertiary/aromatic N) is 1. The van der Waals surface area contributed by atoms with Gasteiger partial charge in [-0.2, -0.15) is 0 Å². The number of hydrogen-bond donors (Lipinski definition) is 1. The van der Waals surface area contributed by atoms with Crippen molar-refractivity contribution >= 4 is 17.5 Å². The van der Waals surface area contributed by atoms with Crippen LogP contribution in [0.5, 0.6) is 11.5 Å². The van der Waals surface area contributed by atoms with Gasteiger partial charge in [-0.25, -0.2) is 0 Å². The molecule has 0 aliphatic carbocycles. The van der Waals surface area contributed by atoms with E-state index in [1.807, 2.05) is 13.8 Å². The fourth-order valence-electron chi connectivity index (χ4n) is 2.66. The Morgan fingerprint density at radius 3 is 2.52 bits per heavy atom. The molecule has 0 saturated carbocycles. The first-order valence-corrected chi connectivity index (χ1v) is 8.22. The van der Waals surface area contributed by atoms with E-state index in [1.54, 1.807) is 47.4 Å². The summed E-state index contributed by atoms with van der Waals surface area (Å²) in [7, 11) is 0. The molecule has 1 aliphatic rings. The summed E-state index contributed by atoms with van der Waals surface area (Å²) in [5, 5.41) is 2.81. The number of amides is 2. The van der Waals surface area contributed by atoms with Crippen molar-refractivity contribution in [2.75, 3.05) is 25.2 Å². The van der Waals surface area contributed by atoms with Crippen molar-refractivity contribution in [1.29, 1.82) is 0 Å². The second-order valence-corrected chi connectivity index (χ2v) is 5.58. The molecule has 0 atom stereocenters. The second-order valence-electron chi connectivity index (χ2n) is 5.58. The van der Waals surface area contributed by atoms with Gasteiger partial charge in [0.2, 0.25) is 6.79 Å². The average molecular weight is 340 g/mol. The van der Waals surface area contributed by atoms with Crippen molar-refractivity contribution < 1.29 is 19.1 Å². The third kappa shape index (κ3) is 3.57. The van der Waals surface area contributed by atoms with Gasteiger partial charge in [-0.05, 0) is 50.2 Å². The van der Waals surface area contributed by atoms with E-state index >= 15 is 0 Å². The fourth-order valence-corrected chi connectivity index (χ4v) is 2.66. The molecule has 130 valence electrons. The number of fused-ring (bicyclic) bond motifs is 1.